The van der Waals surface area contributed by atoms with Crippen LogP contribution in [0.15, 0.2) is 41.8 Å². The lowest BCUT2D eigenvalue weighted by atomic mass is 9.86. The molecule has 0 aliphatic rings. The zero-order valence-corrected chi connectivity index (χ0v) is 12.8. The summed E-state index contributed by atoms with van der Waals surface area (Å²) in [6.07, 6.45) is 1.15. The van der Waals surface area contributed by atoms with E-state index in [1.54, 1.807) is 0 Å². The zero-order valence-electron chi connectivity index (χ0n) is 12.0. The molecule has 0 fully saturated rings. The first-order valence-corrected chi connectivity index (χ1v) is 7.97. The first-order valence-electron chi connectivity index (χ1n) is 7.09. The van der Waals surface area contributed by atoms with Gasteiger partial charge >= 0.3 is 0 Å². The third kappa shape index (κ3) is 3.46. The maximum absolute atomic E-state index is 3.67. The highest BCUT2D eigenvalue weighted by atomic mass is 32.1. The minimum Gasteiger partial charge on any atom is -0.310 e. The van der Waals surface area contributed by atoms with Gasteiger partial charge in [-0.05, 0) is 42.5 Å². The second-order valence-corrected chi connectivity index (χ2v) is 6.07. The molecule has 2 atom stereocenters. The molecule has 0 amide bonds. The van der Waals surface area contributed by atoms with Crippen molar-refractivity contribution in [2.75, 3.05) is 6.54 Å². The normalized spacial score (nSPS) is 14.3. The Morgan fingerprint density at radius 2 is 1.84 bits per heavy atom. The molecule has 0 aliphatic heterocycles. The molecule has 2 rings (SSSR count). The van der Waals surface area contributed by atoms with E-state index in [4.69, 9.17) is 0 Å². The van der Waals surface area contributed by atoms with Gasteiger partial charge in [-0.3, -0.25) is 0 Å². The summed E-state index contributed by atoms with van der Waals surface area (Å²) in [5.41, 5.74) is 2.86. The Morgan fingerprint density at radius 3 is 2.37 bits per heavy atom. The van der Waals surface area contributed by atoms with Gasteiger partial charge in [0.1, 0.15) is 0 Å². The molecule has 0 radical (unpaired) electrons. The van der Waals surface area contributed by atoms with Crippen LogP contribution in [0.25, 0.3) is 0 Å². The predicted molar refractivity (Wildman–Crippen MR) is 84.9 cm³/mol. The van der Waals surface area contributed by atoms with Gasteiger partial charge in [-0.1, -0.05) is 44.2 Å². The van der Waals surface area contributed by atoms with E-state index in [2.05, 4.69) is 67.9 Å². The molecule has 1 N–H and O–H groups in total. The fraction of sp³-hybridized carbons (Fsp3) is 0.412. The van der Waals surface area contributed by atoms with Crippen LogP contribution in [0.1, 0.15) is 48.2 Å². The molecule has 0 aliphatic carbocycles. The summed E-state index contributed by atoms with van der Waals surface area (Å²) in [7, 11) is 0. The summed E-state index contributed by atoms with van der Waals surface area (Å²) in [5.74, 6) is 0.537. The third-order valence-electron chi connectivity index (χ3n) is 3.60. The summed E-state index contributed by atoms with van der Waals surface area (Å²) in [5, 5.41) is 5.97. The summed E-state index contributed by atoms with van der Waals surface area (Å²) < 4.78 is 0. The van der Waals surface area contributed by atoms with Crippen molar-refractivity contribution in [2.24, 2.45) is 0 Å². The van der Waals surface area contributed by atoms with Crippen molar-refractivity contribution in [2.45, 2.75) is 39.2 Å². The smallest absolute Gasteiger partial charge is 0.0397 e. The first-order chi connectivity index (χ1) is 9.26. The van der Waals surface area contributed by atoms with Crippen molar-refractivity contribution >= 4 is 11.3 Å². The van der Waals surface area contributed by atoms with Gasteiger partial charge in [-0.2, -0.15) is 0 Å². The Bertz CT molecular complexity index is 489. The number of aryl methyl sites for hydroxylation is 1. The van der Waals surface area contributed by atoms with Gasteiger partial charge in [0.15, 0.2) is 0 Å². The minimum atomic E-state index is 0.419. The largest absolute Gasteiger partial charge is 0.310 e. The van der Waals surface area contributed by atoms with E-state index in [0.29, 0.717) is 12.0 Å². The van der Waals surface area contributed by atoms with Gasteiger partial charge in [0.2, 0.25) is 0 Å². The van der Waals surface area contributed by atoms with Crippen LogP contribution in [0.3, 0.4) is 0 Å². The second-order valence-electron chi connectivity index (χ2n) is 4.95. The Balaban J connectivity index is 2.31. The van der Waals surface area contributed by atoms with Gasteiger partial charge in [0.25, 0.3) is 0 Å². The molecule has 19 heavy (non-hydrogen) atoms. The molecule has 0 spiro atoms. The summed E-state index contributed by atoms with van der Waals surface area (Å²) >= 11 is 1.84. The zero-order chi connectivity index (χ0) is 13.7. The number of nitrogens with one attached hydrogen (secondary N) is 1. The van der Waals surface area contributed by atoms with Crippen molar-refractivity contribution in [3.8, 4) is 0 Å². The van der Waals surface area contributed by atoms with E-state index in [1.165, 1.54) is 16.0 Å². The van der Waals surface area contributed by atoms with Crippen LogP contribution in [-0.4, -0.2) is 6.54 Å². The Labute approximate surface area is 120 Å². The molecule has 0 saturated heterocycles. The molecule has 0 bridgehead atoms. The lowest BCUT2D eigenvalue weighted by molar-refractivity contribution is 0.446. The van der Waals surface area contributed by atoms with E-state index in [1.807, 2.05) is 11.3 Å². The molecule has 2 heteroatoms. The van der Waals surface area contributed by atoms with Crippen molar-refractivity contribution in [1.29, 1.82) is 0 Å². The minimum absolute atomic E-state index is 0.419. The van der Waals surface area contributed by atoms with E-state index in [-0.39, 0.29) is 0 Å². The second kappa shape index (κ2) is 6.88. The van der Waals surface area contributed by atoms with Crippen LogP contribution in [0.5, 0.6) is 0 Å². The van der Waals surface area contributed by atoms with Gasteiger partial charge in [-0.15, -0.1) is 11.3 Å². The molecule has 2 aromatic rings. The SMILES string of the molecule is CCNC(c1csc(C)c1)C(CC)c1ccccc1. The van der Waals surface area contributed by atoms with Crippen molar-refractivity contribution in [1.82, 2.24) is 5.32 Å². The summed E-state index contributed by atoms with van der Waals surface area (Å²) in [6, 6.07) is 13.6. The topological polar surface area (TPSA) is 12.0 Å². The highest BCUT2D eigenvalue weighted by Gasteiger charge is 2.23. The molecule has 0 saturated carbocycles. The molecular weight excluding hydrogens is 250 g/mol. The fourth-order valence-electron chi connectivity index (χ4n) is 2.70. The van der Waals surface area contributed by atoms with Gasteiger partial charge in [0, 0.05) is 16.8 Å². The third-order valence-corrected chi connectivity index (χ3v) is 4.48. The van der Waals surface area contributed by atoms with E-state index in [9.17, 15) is 0 Å². The predicted octanol–water partition coefficient (Wildman–Crippen LogP) is 4.90. The molecule has 1 aromatic carbocycles. The Hall–Kier alpha value is -1.12. The number of rotatable bonds is 6. The average Bonchev–Trinajstić information content (AvgIpc) is 2.86. The fourth-order valence-corrected chi connectivity index (χ4v) is 3.44. The molecule has 1 heterocycles. The number of thiophene rings is 1. The molecule has 102 valence electrons. The van der Waals surface area contributed by atoms with Crippen LogP contribution in [-0.2, 0) is 0 Å². The standard InChI is InChI=1S/C17H23NS/c1-4-16(14-9-7-6-8-10-14)17(18-5-2)15-11-13(3)19-12-15/h6-12,16-18H,4-5H2,1-3H3. The lowest BCUT2D eigenvalue weighted by Crippen LogP contribution is -2.26. The number of hydrogen-bond acceptors (Lipinski definition) is 2. The van der Waals surface area contributed by atoms with Crippen molar-refractivity contribution in [3.63, 3.8) is 0 Å². The average molecular weight is 273 g/mol. The van der Waals surface area contributed by atoms with Gasteiger partial charge in [0.05, 0.1) is 0 Å². The number of benzene rings is 1. The van der Waals surface area contributed by atoms with E-state index < -0.39 is 0 Å². The van der Waals surface area contributed by atoms with Crippen LogP contribution in [0.2, 0.25) is 0 Å². The monoisotopic (exact) mass is 273 g/mol. The van der Waals surface area contributed by atoms with Gasteiger partial charge in [-0.25, -0.2) is 0 Å². The highest BCUT2D eigenvalue weighted by molar-refractivity contribution is 7.10. The molecule has 2 unspecified atom stereocenters. The molecule has 1 aromatic heterocycles. The number of likely N-dealkylation sites (N-methyl/N-ethyl adjacent to an activating group) is 1. The summed E-state index contributed by atoms with van der Waals surface area (Å²) in [6.45, 7) is 7.65. The molecular formula is C17H23NS. The van der Waals surface area contributed by atoms with Crippen LogP contribution < -0.4 is 5.32 Å². The maximum Gasteiger partial charge on any atom is 0.0397 e. The van der Waals surface area contributed by atoms with Gasteiger partial charge < -0.3 is 5.32 Å². The maximum atomic E-state index is 3.67. The quantitative estimate of drug-likeness (QED) is 0.789. The van der Waals surface area contributed by atoms with E-state index in [0.717, 1.165) is 13.0 Å². The highest BCUT2D eigenvalue weighted by Crippen LogP contribution is 2.35. The Morgan fingerprint density at radius 1 is 1.11 bits per heavy atom. The number of hydrogen-bond donors (Lipinski definition) is 1. The summed E-state index contributed by atoms with van der Waals surface area (Å²) in [4.78, 5) is 1.39. The van der Waals surface area contributed by atoms with E-state index >= 15 is 0 Å². The molecule has 1 nitrogen and oxygen atoms in total. The lowest BCUT2D eigenvalue weighted by Gasteiger charge is -2.27. The first kappa shape index (κ1) is 14.3. The Kier molecular flexibility index (Phi) is 5.17. The van der Waals surface area contributed by atoms with Crippen molar-refractivity contribution < 1.29 is 0 Å². The van der Waals surface area contributed by atoms with Crippen LogP contribution in [0.4, 0.5) is 0 Å². The van der Waals surface area contributed by atoms with Crippen molar-refractivity contribution in [3.05, 3.63) is 57.8 Å². The van der Waals surface area contributed by atoms with Crippen LogP contribution >= 0.6 is 11.3 Å². The van der Waals surface area contributed by atoms with Crippen LogP contribution in [0, 0.1) is 6.92 Å².